The molecule has 0 saturated carbocycles. The van der Waals surface area contributed by atoms with Crippen LogP contribution < -0.4 is 17.2 Å². The van der Waals surface area contributed by atoms with Gasteiger partial charge in [0, 0.05) is 0 Å². The molecule has 0 radical (unpaired) electrons. The summed E-state index contributed by atoms with van der Waals surface area (Å²) >= 11 is 0. The maximum Gasteiger partial charge on any atom is 0.176 e. The third-order valence-electron chi connectivity index (χ3n) is 8.01. The molecule has 16 nitrogen and oxygen atoms in total. The van der Waals surface area contributed by atoms with Gasteiger partial charge in [-0.1, -0.05) is 13.8 Å². The molecule has 224 valence electrons. The van der Waals surface area contributed by atoms with Crippen LogP contribution in [0.5, 0.6) is 0 Å². The van der Waals surface area contributed by atoms with E-state index in [9.17, 15) is 40.9 Å². The third-order valence-corrected chi connectivity index (χ3v) is 8.01. The molecule has 0 aromatic carbocycles. The average molecular weight is 558 g/mol. The highest BCUT2D eigenvalue weighted by Gasteiger charge is 2.63. The first-order chi connectivity index (χ1) is 17.7. The van der Waals surface area contributed by atoms with Crippen molar-refractivity contribution in [1.82, 2.24) is 0 Å². The molecule has 0 spiro atoms. The smallest absolute Gasteiger partial charge is 0.176 e. The summed E-state index contributed by atoms with van der Waals surface area (Å²) in [5.74, 6) is -0.523. The quantitative estimate of drug-likeness (QED) is 0.132. The largest absolute Gasteiger partial charge is 0.394 e. The first-order valence-electron chi connectivity index (χ1n) is 12.5. The van der Waals surface area contributed by atoms with Gasteiger partial charge in [-0.05, 0) is 12.8 Å². The topological polar surface area (TPSA) is 286 Å². The Hall–Kier alpha value is -0.640. The van der Waals surface area contributed by atoms with Gasteiger partial charge < -0.3 is 81.7 Å². The van der Waals surface area contributed by atoms with Crippen LogP contribution in [-0.2, 0) is 23.7 Å². The van der Waals surface area contributed by atoms with Gasteiger partial charge in [-0.2, -0.15) is 0 Å². The third kappa shape index (κ3) is 5.35. The van der Waals surface area contributed by atoms with E-state index in [0.717, 1.165) is 0 Å². The summed E-state index contributed by atoms with van der Waals surface area (Å²) in [6, 6.07) is -3.97. The first-order valence-corrected chi connectivity index (χ1v) is 12.5. The number of aliphatic hydroxyl groups is 8. The Morgan fingerprint density at radius 1 is 0.789 bits per heavy atom. The van der Waals surface area contributed by atoms with Crippen LogP contribution in [0.25, 0.3) is 0 Å². The molecule has 0 aromatic rings. The molecule has 3 saturated heterocycles. The van der Waals surface area contributed by atoms with E-state index in [4.69, 9.17) is 40.9 Å². The fourth-order valence-corrected chi connectivity index (χ4v) is 5.36. The number of aliphatic hydroxyl groups excluding tert-OH is 7. The van der Waals surface area contributed by atoms with Crippen LogP contribution in [0, 0.1) is 5.92 Å². The number of hydrogen-bond acceptors (Lipinski definition) is 16. The zero-order valence-electron chi connectivity index (χ0n) is 21.6. The molecule has 3 fully saturated rings. The summed E-state index contributed by atoms with van der Waals surface area (Å²) in [4.78, 5) is 0. The molecule has 0 aromatic heterocycles. The van der Waals surface area contributed by atoms with E-state index in [1.165, 1.54) is 6.92 Å². The van der Waals surface area contributed by atoms with Crippen molar-refractivity contribution in [2.24, 2.45) is 23.1 Å². The highest BCUT2D eigenvalue weighted by molar-refractivity contribution is 5.11. The molecule has 0 bridgehead atoms. The minimum atomic E-state index is -1.97. The highest BCUT2D eigenvalue weighted by Crippen LogP contribution is 2.43. The second kappa shape index (κ2) is 12.1. The van der Waals surface area contributed by atoms with Crippen molar-refractivity contribution in [3.63, 3.8) is 0 Å². The predicted octanol–water partition coefficient (Wildman–Crippen LogP) is -6.26. The fourth-order valence-electron chi connectivity index (χ4n) is 5.36. The van der Waals surface area contributed by atoms with Gasteiger partial charge in [0.25, 0.3) is 0 Å². The van der Waals surface area contributed by atoms with Crippen LogP contribution in [0.2, 0.25) is 0 Å². The molecule has 3 aliphatic rings. The van der Waals surface area contributed by atoms with Crippen molar-refractivity contribution in [2.75, 3.05) is 19.8 Å². The molecule has 3 rings (SSSR count). The van der Waals surface area contributed by atoms with Crippen molar-refractivity contribution in [3.05, 3.63) is 0 Å². The summed E-state index contributed by atoms with van der Waals surface area (Å²) in [7, 11) is 0. The van der Waals surface area contributed by atoms with E-state index >= 15 is 0 Å². The lowest BCUT2D eigenvalue weighted by Crippen LogP contribution is -2.77. The zero-order chi connectivity index (χ0) is 28.7. The van der Waals surface area contributed by atoms with Crippen molar-refractivity contribution < 1.29 is 64.5 Å². The number of ether oxygens (including phenoxy) is 5. The van der Waals surface area contributed by atoms with Crippen LogP contribution in [0.1, 0.15) is 20.8 Å². The second-order valence-corrected chi connectivity index (χ2v) is 10.7. The van der Waals surface area contributed by atoms with Crippen molar-refractivity contribution in [1.29, 1.82) is 0 Å². The van der Waals surface area contributed by atoms with Crippen LogP contribution in [-0.4, -0.2) is 152 Å². The Kier molecular flexibility index (Phi) is 10.1. The van der Waals surface area contributed by atoms with Gasteiger partial charge in [0.1, 0.15) is 53.9 Å². The SMILES string of the molecule is CC(C)[C@]1(CO)O[C@H](OC2[C@@H](CO)O[C@@H](OC3[C@@H](CO)O[C@@H](O)[C@H](N)[C@H]3O)[C@H](N)[C@H]2O)[C@H](N)[C@@H](O)[C@]1(C)O. The Bertz CT molecular complexity index is 777. The molecular weight excluding hydrogens is 514 g/mol. The van der Waals surface area contributed by atoms with Gasteiger partial charge >= 0.3 is 0 Å². The van der Waals surface area contributed by atoms with Crippen LogP contribution in [0.4, 0.5) is 0 Å². The van der Waals surface area contributed by atoms with E-state index in [1.54, 1.807) is 13.8 Å². The first kappa shape index (κ1) is 31.9. The predicted molar refractivity (Wildman–Crippen MR) is 126 cm³/mol. The van der Waals surface area contributed by atoms with Crippen molar-refractivity contribution >= 4 is 0 Å². The highest BCUT2D eigenvalue weighted by atomic mass is 16.7. The summed E-state index contributed by atoms with van der Waals surface area (Å²) in [6.07, 6.45) is -14.4. The van der Waals surface area contributed by atoms with E-state index in [1.807, 2.05) is 0 Å². The molecular formula is C22H43N3O13. The van der Waals surface area contributed by atoms with Gasteiger partial charge in [-0.15, -0.1) is 0 Å². The van der Waals surface area contributed by atoms with Crippen molar-refractivity contribution in [3.8, 4) is 0 Å². The number of rotatable bonds is 8. The zero-order valence-corrected chi connectivity index (χ0v) is 21.6. The number of hydrogen-bond donors (Lipinski definition) is 11. The molecule has 14 N–H and O–H groups in total. The van der Waals surface area contributed by atoms with E-state index in [0.29, 0.717) is 0 Å². The van der Waals surface area contributed by atoms with Gasteiger partial charge in [-0.3, -0.25) is 0 Å². The summed E-state index contributed by atoms with van der Waals surface area (Å²) in [5, 5.41) is 82.8. The Balaban J connectivity index is 1.80. The summed E-state index contributed by atoms with van der Waals surface area (Å²) in [5.41, 5.74) is 14.3. The van der Waals surface area contributed by atoms with Gasteiger partial charge in [0.05, 0.1) is 37.9 Å². The van der Waals surface area contributed by atoms with E-state index in [-0.39, 0.29) is 0 Å². The fraction of sp³-hybridized carbons (Fsp3) is 1.00. The maximum atomic E-state index is 11.0. The van der Waals surface area contributed by atoms with Crippen LogP contribution in [0.15, 0.2) is 0 Å². The molecule has 38 heavy (non-hydrogen) atoms. The monoisotopic (exact) mass is 557 g/mol. The van der Waals surface area contributed by atoms with E-state index in [2.05, 4.69) is 0 Å². The lowest BCUT2D eigenvalue weighted by Gasteiger charge is -2.57. The van der Waals surface area contributed by atoms with Crippen molar-refractivity contribution in [2.45, 2.75) is 112 Å². The maximum absolute atomic E-state index is 11.0. The normalized spacial score (nSPS) is 52.3. The Labute approximate surface area is 219 Å². The van der Waals surface area contributed by atoms with Gasteiger partial charge in [-0.25, -0.2) is 0 Å². The van der Waals surface area contributed by atoms with E-state index < -0.39 is 117 Å². The molecule has 16 heteroatoms. The second-order valence-electron chi connectivity index (χ2n) is 10.7. The Morgan fingerprint density at radius 3 is 1.79 bits per heavy atom. The Morgan fingerprint density at radius 2 is 1.29 bits per heavy atom. The van der Waals surface area contributed by atoms with Gasteiger partial charge in [0.15, 0.2) is 18.9 Å². The summed E-state index contributed by atoms with van der Waals surface area (Å²) in [6.45, 7) is 2.54. The molecule has 0 aliphatic carbocycles. The van der Waals surface area contributed by atoms with Gasteiger partial charge in [0.2, 0.25) is 0 Å². The molecule has 15 atom stereocenters. The molecule has 3 heterocycles. The molecule has 2 unspecified atom stereocenters. The molecule has 0 amide bonds. The van der Waals surface area contributed by atoms with Crippen LogP contribution in [0.3, 0.4) is 0 Å². The minimum absolute atomic E-state index is 0.523. The standard InChI is InChI=1S/C22H43N3O13/c1-7(2)22(6-28)21(3,33)17(31)12(25)20(38-22)37-16-9(5-27)35-19(11(24)14(16)30)36-15-8(4-26)34-18(32)10(23)13(15)29/h7-20,26-33H,4-6,23-25H2,1-3H3/t8-,9-,10-,11-,12-,13-,14-,15?,16?,17-,18-,19+,20+,21+,22+/m1/s1. The molecule has 3 aliphatic heterocycles. The van der Waals surface area contributed by atoms with Crippen LogP contribution >= 0.6 is 0 Å². The lowest BCUT2D eigenvalue weighted by molar-refractivity contribution is -0.380. The number of nitrogens with two attached hydrogens (primary N) is 3. The lowest BCUT2D eigenvalue weighted by atomic mass is 9.69. The summed E-state index contributed by atoms with van der Waals surface area (Å²) < 4.78 is 28.4. The minimum Gasteiger partial charge on any atom is -0.394 e. The average Bonchev–Trinajstić information content (AvgIpc) is 2.88.